The number of aliphatic hydroxyl groups is 1. The van der Waals surface area contributed by atoms with E-state index in [0.717, 1.165) is 17.0 Å². The summed E-state index contributed by atoms with van der Waals surface area (Å²) >= 11 is 11.2. The monoisotopic (exact) mass is 234 g/mol. The lowest BCUT2D eigenvalue weighted by molar-refractivity contribution is 0.280. The summed E-state index contributed by atoms with van der Waals surface area (Å²) in [5, 5.41) is 13.8. The molecule has 1 heterocycles. The average Bonchev–Trinajstić information content (AvgIpc) is 2.42. The predicted octanol–water partition coefficient (Wildman–Crippen LogP) is 2.31. The summed E-state index contributed by atoms with van der Waals surface area (Å²) in [5.41, 5.74) is 3.91. The Morgan fingerprint density at radius 3 is 2.64 bits per heavy atom. The molecule has 0 aliphatic carbocycles. The molecule has 0 aliphatic rings. The van der Waals surface area contributed by atoms with Crippen molar-refractivity contribution >= 4 is 23.2 Å². The van der Waals surface area contributed by atoms with Crippen molar-refractivity contribution in [2.45, 2.75) is 27.0 Å². The van der Waals surface area contributed by atoms with Crippen LogP contribution < -0.4 is 0 Å². The maximum atomic E-state index is 9.08. The first-order chi connectivity index (χ1) is 6.60. The van der Waals surface area contributed by atoms with E-state index in [2.05, 4.69) is 5.10 Å². The summed E-state index contributed by atoms with van der Waals surface area (Å²) < 4.78 is 1.72. The van der Waals surface area contributed by atoms with Gasteiger partial charge in [-0.15, -0.1) is 0 Å². The van der Waals surface area contributed by atoms with Crippen LogP contribution >= 0.6 is 23.2 Å². The Hall–Kier alpha value is -0.510. The third-order valence-corrected chi connectivity index (χ3v) is 2.71. The van der Waals surface area contributed by atoms with Gasteiger partial charge < -0.3 is 5.11 Å². The van der Waals surface area contributed by atoms with E-state index in [1.165, 1.54) is 5.54 Å². The van der Waals surface area contributed by atoms with Crippen LogP contribution in [0.25, 0.3) is 0 Å². The standard InChI is InChI=1S/C9H12Cl2N2O/c1-6-9(5-14)7(2)13(12-6)4-8(11)3-10/h3,14H,4-5H2,1-2H3. The molecule has 0 amide bonds. The number of aryl methyl sites for hydroxylation is 1. The Morgan fingerprint density at radius 1 is 1.57 bits per heavy atom. The highest BCUT2D eigenvalue weighted by Crippen LogP contribution is 2.15. The summed E-state index contributed by atoms with van der Waals surface area (Å²) in [7, 11) is 0. The van der Waals surface area contributed by atoms with Crippen LogP contribution in [0.4, 0.5) is 0 Å². The fourth-order valence-electron chi connectivity index (χ4n) is 1.29. The molecule has 0 saturated heterocycles. The highest BCUT2D eigenvalue weighted by molar-refractivity contribution is 6.36. The van der Waals surface area contributed by atoms with Crippen LogP contribution in [0.15, 0.2) is 10.6 Å². The molecule has 1 aromatic heterocycles. The first-order valence-electron chi connectivity index (χ1n) is 4.18. The van der Waals surface area contributed by atoms with Crippen molar-refractivity contribution in [2.75, 3.05) is 0 Å². The number of hydrogen-bond donors (Lipinski definition) is 1. The van der Waals surface area contributed by atoms with Crippen LogP contribution in [0.2, 0.25) is 0 Å². The second kappa shape index (κ2) is 4.82. The summed E-state index contributed by atoms with van der Waals surface area (Å²) in [6.45, 7) is 4.19. The van der Waals surface area contributed by atoms with Gasteiger partial charge in [0.15, 0.2) is 0 Å². The molecule has 0 aliphatic heterocycles. The third kappa shape index (κ3) is 2.29. The highest BCUT2D eigenvalue weighted by atomic mass is 35.5. The first kappa shape index (κ1) is 11.6. The molecule has 5 heteroatoms. The van der Waals surface area contributed by atoms with Crippen molar-refractivity contribution in [1.29, 1.82) is 0 Å². The molecule has 3 nitrogen and oxygen atoms in total. The van der Waals surface area contributed by atoms with Crippen LogP contribution in [0.3, 0.4) is 0 Å². The van der Waals surface area contributed by atoms with Crippen LogP contribution in [-0.2, 0) is 13.2 Å². The van der Waals surface area contributed by atoms with Gasteiger partial charge in [-0.05, 0) is 13.8 Å². The molecular formula is C9H12Cl2N2O. The predicted molar refractivity (Wildman–Crippen MR) is 57.4 cm³/mol. The molecular weight excluding hydrogens is 223 g/mol. The van der Waals surface area contributed by atoms with E-state index < -0.39 is 0 Å². The Morgan fingerprint density at radius 2 is 2.21 bits per heavy atom. The molecule has 0 saturated carbocycles. The molecule has 0 unspecified atom stereocenters. The molecule has 0 bridgehead atoms. The summed E-state index contributed by atoms with van der Waals surface area (Å²) in [5.74, 6) is 0. The molecule has 0 aromatic carbocycles. The minimum Gasteiger partial charge on any atom is -0.392 e. The lowest BCUT2D eigenvalue weighted by atomic mass is 10.2. The Balaban J connectivity index is 2.99. The van der Waals surface area contributed by atoms with E-state index in [0.29, 0.717) is 11.6 Å². The Labute approximate surface area is 92.9 Å². The number of halogens is 2. The number of aromatic nitrogens is 2. The molecule has 1 aromatic rings. The Kier molecular flexibility index (Phi) is 3.98. The van der Waals surface area contributed by atoms with E-state index in [9.17, 15) is 0 Å². The summed E-state index contributed by atoms with van der Waals surface area (Å²) in [6.07, 6.45) is 0. The van der Waals surface area contributed by atoms with Crippen molar-refractivity contribution in [3.8, 4) is 0 Å². The second-order valence-electron chi connectivity index (χ2n) is 3.02. The quantitative estimate of drug-likeness (QED) is 0.872. The fourth-order valence-corrected chi connectivity index (χ4v) is 1.48. The average molecular weight is 235 g/mol. The Bertz CT molecular complexity index is 358. The normalized spacial score (nSPS) is 12.2. The topological polar surface area (TPSA) is 38.0 Å². The van der Waals surface area contributed by atoms with Gasteiger partial charge in [-0.25, -0.2) is 0 Å². The van der Waals surface area contributed by atoms with Gasteiger partial charge >= 0.3 is 0 Å². The molecule has 0 atom stereocenters. The molecule has 0 radical (unpaired) electrons. The van der Waals surface area contributed by atoms with Crippen LogP contribution in [0, 0.1) is 13.8 Å². The van der Waals surface area contributed by atoms with Gasteiger partial charge in [0.2, 0.25) is 0 Å². The maximum Gasteiger partial charge on any atom is 0.0778 e. The molecule has 78 valence electrons. The third-order valence-electron chi connectivity index (χ3n) is 2.11. The number of rotatable bonds is 3. The second-order valence-corrected chi connectivity index (χ2v) is 3.72. The fraction of sp³-hybridized carbons (Fsp3) is 0.444. The molecule has 0 spiro atoms. The van der Waals surface area contributed by atoms with Gasteiger partial charge in [-0.3, -0.25) is 4.68 Å². The van der Waals surface area contributed by atoms with Crippen molar-refractivity contribution < 1.29 is 5.11 Å². The van der Waals surface area contributed by atoms with Crippen LogP contribution in [-0.4, -0.2) is 14.9 Å². The lowest BCUT2D eigenvalue weighted by Gasteiger charge is -2.02. The van der Waals surface area contributed by atoms with Gasteiger partial charge in [0.1, 0.15) is 0 Å². The van der Waals surface area contributed by atoms with Gasteiger partial charge in [-0.1, -0.05) is 23.2 Å². The molecule has 0 fully saturated rings. The minimum atomic E-state index is -0.000124. The van der Waals surface area contributed by atoms with E-state index in [1.807, 2.05) is 13.8 Å². The van der Waals surface area contributed by atoms with E-state index in [-0.39, 0.29) is 6.61 Å². The van der Waals surface area contributed by atoms with E-state index >= 15 is 0 Å². The van der Waals surface area contributed by atoms with E-state index in [1.54, 1.807) is 4.68 Å². The number of nitrogens with zero attached hydrogens (tertiary/aromatic N) is 2. The van der Waals surface area contributed by atoms with E-state index in [4.69, 9.17) is 28.3 Å². The van der Waals surface area contributed by atoms with Gasteiger partial charge in [0, 0.05) is 16.8 Å². The van der Waals surface area contributed by atoms with Crippen LogP contribution in [0.1, 0.15) is 17.0 Å². The van der Waals surface area contributed by atoms with Gasteiger partial charge in [0.25, 0.3) is 0 Å². The van der Waals surface area contributed by atoms with Crippen molar-refractivity contribution in [1.82, 2.24) is 9.78 Å². The largest absolute Gasteiger partial charge is 0.392 e. The zero-order chi connectivity index (χ0) is 10.7. The molecule has 1 N–H and O–H groups in total. The zero-order valence-corrected chi connectivity index (χ0v) is 9.60. The molecule has 14 heavy (non-hydrogen) atoms. The number of allylic oxidation sites excluding steroid dienone is 1. The lowest BCUT2D eigenvalue weighted by Crippen LogP contribution is -2.02. The van der Waals surface area contributed by atoms with Crippen molar-refractivity contribution in [3.05, 3.63) is 27.5 Å². The minimum absolute atomic E-state index is 0.000124. The van der Waals surface area contributed by atoms with Crippen LogP contribution in [0.5, 0.6) is 0 Å². The highest BCUT2D eigenvalue weighted by Gasteiger charge is 2.10. The maximum absolute atomic E-state index is 9.08. The smallest absolute Gasteiger partial charge is 0.0778 e. The van der Waals surface area contributed by atoms with Crippen molar-refractivity contribution in [3.63, 3.8) is 0 Å². The summed E-state index contributed by atoms with van der Waals surface area (Å²) in [6, 6.07) is 0. The number of hydrogen-bond acceptors (Lipinski definition) is 2. The van der Waals surface area contributed by atoms with Gasteiger partial charge in [0.05, 0.1) is 23.9 Å². The van der Waals surface area contributed by atoms with Crippen molar-refractivity contribution in [2.24, 2.45) is 0 Å². The SMILES string of the molecule is Cc1nn(CC(Cl)=CCl)c(C)c1CO. The first-order valence-corrected chi connectivity index (χ1v) is 5.00. The summed E-state index contributed by atoms with van der Waals surface area (Å²) in [4.78, 5) is 0. The molecule has 1 rings (SSSR count). The number of aliphatic hydroxyl groups excluding tert-OH is 1. The zero-order valence-electron chi connectivity index (χ0n) is 8.09. The van der Waals surface area contributed by atoms with Gasteiger partial charge in [-0.2, -0.15) is 5.10 Å².